The minimum Gasteiger partial charge on any atom is -0.324 e. The fourth-order valence-electron chi connectivity index (χ4n) is 0. The molecule has 0 amide bonds. The van der Waals surface area contributed by atoms with Crippen LogP contribution in [0.15, 0.2) is 12.2 Å². The highest BCUT2D eigenvalue weighted by atomic mass is 16.1. The lowest BCUT2D eigenvalue weighted by Gasteiger charge is -1.59. The predicted octanol–water partition coefficient (Wildman–Crippen LogP) is 0.562. The Kier molecular flexibility index (Phi) is 52.5. The van der Waals surface area contributed by atoms with Gasteiger partial charge in [-0.05, 0) is 27.9 Å². The summed E-state index contributed by atoms with van der Waals surface area (Å²) in [4.78, 5) is 9.05. The van der Waals surface area contributed by atoms with E-state index in [2.05, 4.69) is 11.1 Å². The van der Waals surface area contributed by atoms with Crippen LogP contribution in [0.2, 0.25) is 0 Å². The van der Waals surface area contributed by atoms with Gasteiger partial charge in [-0.1, -0.05) is 12.2 Å². The van der Waals surface area contributed by atoms with Crippen LogP contribution >= 0.6 is 0 Å². The van der Waals surface area contributed by atoms with Gasteiger partial charge in [0.05, 0.1) is 0 Å². The van der Waals surface area contributed by atoms with Crippen molar-refractivity contribution in [1.82, 2.24) is 5.32 Å². The average molecular weight is 160 g/mol. The lowest BCUT2D eigenvalue weighted by molar-refractivity contribution is -0.106. The van der Waals surface area contributed by atoms with E-state index in [0.717, 1.165) is 0 Å². The van der Waals surface area contributed by atoms with Crippen molar-refractivity contribution in [2.24, 2.45) is 5.73 Å². The van der Waals surface area contributed by atoms with E-state index in [-0.39, 0.29) is 6.54 Å². The van der Waals surface area contributed by atoms with Gasteiger partial charge in [0.2, 0.25) is 0 Å². The van der Waals surface area contributed by atoms with Crippen LogP contribution in [0.25, 0.3) is 0 Å². The van der Waals surface area contributed by atoms with Gasteiger partial charge in [0.25, 0.3) is 0 Å². The quantitative estimate of drug-likeness (QED) is 0.435. The molecule has 0 aliphatic heterocycles. The maximum Gasteiger partial charge on any atom is 0.133 e. The molecule has 0 unspecified atom stereocenters. The van der Waals surface area contributed by atoms with Crippen molar-refractivity contribution in [3.05, 3.63) is 12.2 Å². The summed E-state index contributed by atoms with van der Waals surface area (Å²) < 4.78 is 0. The first-order chi connectivity index (χ1) is 5.24. The number of carbonyl (C=O) groups is 1. The van der Waals surface area contributed by atoms with Gasteiger partial charge in [0.1, 0.15) is 6.29 Å². The third kappa shape index (κ3) is 283. The Balaban J connectivity index is -0.0000000886. The zero-order valence-corrected chi connectivity index (χ0v) is 7.92. The molecule has 0 saturated carbocycles. The molecule has 3 heteroatoms. The Morgan fingerprint density at radius 3 is 1.45 bits per heavy atom. The van der Waals surface area contributed by atoms with Gasteiger partial charge >= 0.3 is 0 Å². The lowest BCUT2D eigenvalue weighted by atomic mass is 10.6. The smallest absolute Gasteiger partial charge is 0.133 e. The highest BCUT2D eigenvalue weighted by molar-refractivity contribution is 5.51. The molecule has 11 heavy (non-hydrogen) atoms. The van der Waals surface area contributed by atoms with E-state index in [4.69, 9.17) is 4.79 Å². The molecule has 0 aromatic rings. The monoisotopic (exact) mass is 160 g/mol. The van der Waals surface area contributed by atoms with Gasteiger partial charge in [-0.3, -0.25) is 0 Å². The first-order valence-electron chi connectivity index (χ1n) is 3.54. The van der Waals surface area contributed by atoms with Crippen LogP contribution in [0.4, 0.5) is 0 Å². The Morgan fingerprint density at radius 1 is 1.27 bits per heavy atom. The van der Waals surface area contributed by atoms with Crippen molar-refractivity contribution in [3.8, 4) is 0 Å². The van der Waals surface area contributed by atoms with Crippen LogP contribution in [-0.2, 0) is 4.79 Å². The molecule has 0 fully saturated rings. The number of aldehydes is 1. The zero-order chi connectivity index (χ0) is 9.54. The molecule has 0 rings (SSSR count). The SMILES string of the molecule is C/C=C/C.CNC.NCC=O. The molecule has 3 N–H and O–H groups in total. The highest BCUT2D eigenvalue weighted by Crippen LogP contribution is 1.57. The Bertz CT molecular complexity index is 68.5. The third-order valence-electron chi connectivity index (χ3n) is 0.430. The summed E-state index contributed by atoms with van der Waals surface area (Å²) in [7, 11) is 3.75. The Labute approximate surface area is 69.7 Å². The number of allylic oxidation sites excluding steroid dienone is 2. The molecular weight excluding hydrogens is 140 g/mol. The molecule has 0 aliphatic rings. The van der Waals surface area contributed by atoms with E-state index >= 15 is 0 Å². The van der Waals surface area contributed by atoms with Crippen LogP contribution in [0, 0.1) is 0 Å². The second-order valence-corrected chi connectivity index (χ2v) is 1.57. The number of nitrogens with two attached hydrogens (primary N) is 1. The first-order valence-corrected chi connectivity index (χ1v) is 3.54. The van der Waals surface area contributed by atoms with E-state index in [1.807, 2.05) is 40.1 Å². The van der Waals surface area contributed by atoms with Crippen molar-refractivity contribution in [1.29, 1.82) is 0 Å². The largest absolute Gasteiger partial charge is 0.324 e. The van der Waals surface area contributed by atoms with E-state index in [9.17, 15) is 0 Å². The normalized spacial score (nSPS) is 7.36. The van der Waals surface area contributed by atoms with Crippen molar-refractivity contribution < 1.29 is 4.79 Å². The first kappa shape index (κ1) is 16.7. The molecule has 68 valence electrons. The van der Waals surface area contributed by atoms with Gasteiger partial charge < -0.3 is 15.8 Å². The third-order valence-corrected chi connectivity index (χ3v) is 0.430. The molecule has 0 saturated heterocycles. The van der Waals surface area contributed by atoms with Crippen LogP contribution in [0.1, 0.15) is 13.8 Å². The minimum atomic E-state index is 0.139. The summed E-state index contributed by atoms with van der Waals surface area (Å²) in [6.07, 6.45) is 4.65. The standard InChI is InChI=1S/C4H8.C2H5NO.C2H7N/c1-3-4-2;3-1-2-4;1-3-2/h3-4H,1-2H3;2H,1,3H2;3H,1-2H3/b4-3+;;. The summed E-state index contributed by atoms with van der Waals surface area (Å²) in [6, 6.07) is 0. The zero-order valence-electron chi connectivity index (χ0n) is 7.92. The molecule has 0 aliphatic carbocycles. The summed E-state index contributed by atoms with van der Waals surface area (Å²) >= 11 is 0. The second kappa shape index (κ2) is 34.5. The Hall–Kier alpha value is -0.670. The van der Waals surface area contributed by atoms with E-state index < -0.39 is 0 Å². The maximum absolute atomic E-state index is 9.05. The highest BCUT2D eigenvalue weighted by Gasteiger charge is 1.51. The fourth-order valence-corrected chi connectivity index (χ4v) is 0. The minimum absolute atomic E-state index is 0.139. The average Bonchev–Trinajstić information content (AvgIpc) is 2.06. The number of hydrogen-bond acceptors (Lipinski definition) is 3. The topological polar surface area (TPSA) is 55.1 Å². The fraction of sp³-hybridized carbons (Fsp3) is 0.625. The molecule has 0 radical (unpaired) electrons. The summed E-state index contributed by atoms with van der Waals surface area (Å²) in [6.45, 7) is 4.14. The summed E-state index contributed by atoms with van der Waals surface area (Å²) in [5.41, 5.74) is 4.66. The molecule has 0 spiro atoms. The molecule has 0 aromatic carbocycles. The van der Waals surface area contributed by atoms with Gasteiger partial charge in [-0.2, -0.15) is 0 Å². The number of carbonyl (C=O) groups excluding carboxylic acids is 1. The van der Waals surface area contributed by atoms with Crippen molar-refractivity contribution in [2.45, 2.75) is 13.8 Å². The van der Waals surface area contributed by atoms with E-state index in [1.54, 1.807) is 0 Å². The summed E-state index contributed by atoms with van der Waals surface area (Å²) in [5, 5.41) is 2.75. The Morgan fingerprint density at radius 2 is 1.45 bits per heavy atom. The van der Waals surface area contributed by atoms with Crippen molar-refractivity contribution >= 4 is 6.29 Å². The lowest BCUT2D eigenvalue weighted by Crippen LogP contribution is -1.97. The molecule has 0 atom stereocenters. The van der Waals surface area contributed by atoms with Gasteiger partial charge in [0, 0.05) is 6.54 Å². The molecule has 0 heterocycles. The predicted molar refractivity (Wildman–Crippen MR) is 50.6 cm³/mol. The summed E-state index contributed by atoms with van der Waals surface area (Å²) in [5.74, 6) is 0. The van der Waals surface area contributed by atoms with Gasteiger partial charge in [0.15, 0.2) is 0 Å². The molecule has 3 nitrogen and oxygen atoms in total. The molecule has 0 bridgehead atoms. The van der Waals surface area contributed by atoms with Crippen LogP contribution in [0.5, 0.6) is 0 Å². The van der Waals surface area contributed by atoms with E-state index in [1.165, 1.54) is 0 Å². The molecule has 0 aromatic heterocycles. The molecular formula is C8H20N2O. The van der Waals surface area contributed by atoms with Crippen molar-refractivity contribution in [3.63, 3.8) is 0 Å². The van der Waals surface area contributed by atoms with Crippen LogP contribution in [-0.4, -0.2) is 26.9 Å². The second-order valence-electron chi connectivity index (χ2n) is 1.57. The van der Waals surface area contributed by atoms with Crippen LogP contribution in [0.3, 0.4) is 0 Å². The van der Waals surface area contributed by atoms with Gasteiger partial charge in [-0.25, -0.2) is 0 Å². The maximum atomic E-state index is 9.05. The number of hydrogen-bond donors (Lipinski definition) is 2. The number of nitrogens with one attached hydrogen (secondary N) is 1. The van der Waals surface area contributed by atoms with Gasteiger partial charge in [-0.15, -0.1) is 0 Å². The van der Waals surface area contributed by atoms with Crippen LogP contribution < -0.4 is 11.1 Å². The van der Waals surface area contributed by atoms with Crippen molar-refractivity contribution in [2.75, 3.05) is 20.6 Å². The number of rotatable bonds is 1. The van der Waals surface area contributed by atoms with E-state index in [0.29, 0.717) is 6.29 Å².